The van der Waals surface area contributed by atoms with Crippen molar-refractivity contribution in [2.45, 2.75) is 26.7 Å². The number of fused-ring (bicyclic) bond motifs is 1. The molecule has 0 bridgehead atoms. The van der Waals surface area contributed by atoms with E-state index in [1.807, 2.05) is 24.4 Å². The summed E-state index contributed by atoms with van der Waals surface area (Å²) >= 11 is 0. The highest BCUT2D eigenvalue weighted by Crippen LogP contribution is 2.30. The highest BCUT2D eigenvalue weighted by Gasteiger charge is 2.13. The SMILES string of the molecule is COc1ccc2nc(-c3cc(C)c(OCCN4CCCC4)c(C)c3)ncc2c1. The van der Waals surface area contributed by atoms with Gasteiger partial charge in [0.05, 0.1) is 12.6 Å². The molecule has 0 saturated carbocycles. The zero-order chi connectivity index (χ0) is 19.5. The van der Waals surface area contributed by atoms with Gasteiger partial charge >= 0.3 is 0 Å². The smallest absolute Gasteiger partial charge is 0.159 e. The van der Waals surface area contributed by atoms with Crippen molar-refractivity contribution in [1.29, 1.82) is 0 Å². The summed E-state index contributed by atoms with van der Waals surface area (Å²) in [4.78, 5) is 11.8. The fraction of sp³-hybridized carbons (Fsp3) is 0.391. The Kier molecular flexibility index (Phi) is 5.44. The van der Waals surface area contributed by atoms with Gasteiger partial charge in [0.25, 0.3) is 0 Å². The number of hydrogen-bond donors (Lipinski definition) is 0. The molecular weight excluding hydrogens is 350 g/mol. The van der Waals surface area contributed by atoms with Crippen molar-refractivity contribution in [1.82, 2.24) is 14.9 Å². The average Bonchev–Trinajstić information content (AvgIpc) is 3.22. The van der Waals surface area contributed by atoms with Crippen molar-refractivity contribution in [2.24, 2.45) is 0 Å². The number of aromatic nitrogens is 2. The van der Waals surface area contributed by atoms with E-state index in [-0.39, 0.29) is 0 Å². The molecule has 1 aliphatic rings. The van der Waals surface area contributed by atoms with Crippen LogP contribution in [-0.2, 0) is 0 Å². The number of methoxy groups -OCH3 is 1. The zero-order valence-corrected chi connectivity index (χ0v) is 16.9. The molecule has 5 nitrogen and oxygen atoms in total. The molecular formula is C23H27N3O2. The van der Waals surface area contributed by atoms with Gasteiger partial charge in [-0.2, -0.15) is 0 Å². The van der Waals surface area contributed by atoms with Gasteiger partial charge in [-0.3, -0.25) is 4.90 Å². The summed E-state index contributed by atoms with van der Waals surface area (Å²) in [6.45, 7) is 8.31. The lowest BCUT2D eigenvalue weighted by atomic mass is 10.0. The number of likely N-dealkylation sites (tertiary alicyclic amines) is 1. The molecule has 1 fully saturated rings. The van der Waals surface area contributed by atoms with Gasteiger partial charge in [-0.05, 0) is 81.2 Å². The van der Waals surface area contributed by atoms with Crippen molar-refractivity contribution in [2.75, 3.05) is 33.4 Å². The molecule has 2 heterocycles. The Morgan fingerprint density at radius 3 is 2.50 bits per heavy atom. The fourth-order valence-corrected chi connectivity index (χ4v) is 3.87. The number of nitrogens with zero attached hydrogens (tertiary/aromatic N) is 3. The molecule has 146 valence electrons. The minimum absolute atomic E-state index is 0.729. The summed E-state index contributed by atoms with van der Waals surface area (Å²) < 4.78 is 11.4. The minimum atomic E-state index is 0.729. The molecule has 28 heavy (non-hydrogen) atoms. The van der Waals surface area contributed by atoms with Crippen LogP contribution in [0.15, 0.2) is 36.5 Å². The number of aryl methyl sites for hydroxylation is 2. The number of ether oxygens (including phenoxy) is 2. The van der Waals surface area contributed by atoms with Crippen LogP contribution in [0.1, 0.15) is 24.0 Å². The second-order valence-electron chi connectivity index (χ2n) is 7.45. The Labute approximate surface area is 166 Å². The monoisotopic (exact) mass is 377 g/mol. The van der Waals surface area contributed by atoms with Crippen LogP contribution in [-0.4, -0.2) is 48.2 Å². The highest BCUT2D eigenvalue weighted by molar-refractivity contribution is 5.81. The zero-order valence-electron chi connectivity index (χ0n) is 16.9. The predicted octanol–water partition coefficient (Wildman–Crippen LogP) is 4.40. The van der Waals surface area contributed by atoms with E-state index in [0.29, 0.717) is 0 Å². The molecule has 0 unspecified atom stereocenters. The lowest BCUT2D eigenvalue weighted by molar-refractivity contribution is 0.236. The summed E-state index contributed by atoms with van der Waals surface area (Å²) in [5.74, 6) is 2.52. The van der Waals surface area contributed by atoms with Crippen LogP contribution in [0.3, 0.4) is 0 Å². The summed E-state index contributed by atoms with van der Waals surface area (Å²) in [6.07, 6.45) is 4.47. The van der Waals surface area contributed by atoms with Gasteiger partial charge in [0.15, 0.2) is 5.82 Å². The van der Waals surface area contributed by atoms with Crippen LogP contribution in [0.2, 0.25) is 0 Å². The standard InChI is InChI=1S/C23H27N3O2/c1-16-12-18(13-17(2)22(16)28-11-10-26-8-4-5-9-26)23-24-15-19-14-20(27-3)6-7-21(19)25-23/h6-7,12-15H,4-5,8-11H2,1-3H3. The Hall–Kier alpha value is -2.66. The molecule has 1 aliphatic heterocycles. The summed E-state index contributed by atoms with van der Waals surface area (Å²) in [6, 6.07) is 10.1. The molecule has 0 atom stereocenters. The van der Waals surface area contributed by atoms with E-state index in [9.17, 15) is 0 Å². The van der Waals surface area contributed by atoms with Crippen LogP contribution in [0.5, 0.6) is 11.5 Å². The maximum atomic E-state index is 6.12. The molecule has 4 rings (SSSR count). The Morgan fingerprint density at radius 1 is 1.04 bits per heavy atom. The van der Waals surface area contributed by atoms with Crippen molar-refractivity contribution in [3.05, 3.63) is 47.7 Å². The average molecular weight is 377 g/mol. The fourth-order valence-electron chi connectivity index (χ4n) is 3.87. The van der Waals surface area contributed by atoms with E-state index in [1.165, 1.54) is 25.9 Å². The minimum Gasteiger partial charge on any atom is -0.497 e. The molecule has 0 radical (unpaired) electrons. The second kappa shape index (κ2) is 8.15. The van der Waals surface area contributed by atoms with Crippen LogP contribution < -0.4 is 9.47 Å². The van der Waals surface area contributed by atoms with Crippen LogP contribution in [0.25, 0.3) is 22.3 Å². The Bertz CT molecular complexity index is 958. The molecule has 5 heteroatoms. The van der Waals surface area contributed by atoms with E-state index in [2.05, 4.69) is 35.9 Å². The maximum absolute atomic E-state index is 6.12. The third-order valence-electron chi connectivity index (χ3n) is 5.36. The van der Waals surface area contributed by atoms with Gasteiger partial charge in [0, 0.05) is 23.7 Å². The van der Waals surface area contributed by atoms with Crippen molar-refractivity contribution in [3.8, 4) is 22.9 Å². The van der Waals surface area contributed by atoms with Crippen molar-refractivity contribution >= 4 is 10.9 Å². The normalized spacial score (nSPS) is 14.5. The Morgan fingerprint density at radius 2 is 1.79 bits per heavy atom. The van der Waals surface area contributed by atoms with E-state index in [4.69, 9.17) is 14.5 Å². The quantitative estimate of drug-likeness (QED) is 0.637. The van der Waals surface area contributed by atoms with Gasteiger partial charge in [-0.15, -0.1) is 0 Å². The van der Waals surface area contributed by atoms with Gasteiger partial charge in [0.2, 0.25) is 0 Å². The van der Waals surface area contributed by atoms with E-state index >= 15 is 0 Å². The van der Waals surface area contributed by atoms with Gasteiger partial charge in [-0.1, -0.05) is 0 Å². The summed E-state index contributed by atoms with van der Waals surface area (Å²) in [5.41, 5.74) is 4.16. The first-order valence-corrected chi connectivity index (χ1v) is 9.91. The first-order chi connectivity index (χ1) is 13.6. The highest BCUT2D eigenvalue weighted by atomic mass is 16.5. The van der Waals surface area contributed by atoms with Crippen LogP contribution in [0.4, 0.5) is 0 Å². The van der Waals surface area contributed by atoms with Crippen molar-refractivity contribution < 1.29 is 9.47 Å². The van der Waals surface area contributed by atoms with Crippen LogP contribution >= 0.6 is 0 Å². The van der Waals surface area contributed by atoms with Crippen molar-refractivity contribution in [3.63, 3.8) is 0 Å². The molecule has 3 aromatic rings. The molecule has 1 saturated heterocycles. The lowest BCUT2D eigenvalue weighted by Gasteiger charge is -2.17. The molecule has 0 N–H and O–H groups in total. The van der Waals surface area contributed by atoms with Gasteiger partial charge in [0.1, 0.15) is 18.1 Å². The molecule has 2 aromatic carbocycles. The van der Waals surface area contributed by atoms with E-state index in [1.54, 1.807) is 7.11 Å². The number of benzene rings is 2. The molecule has 1 aromatic heterocycles. The first-order valence-electron chi connectivity index (χ1n) is 9.91. The molecule has 0 spiro atoms. The molecule has 0 amide bonds. The third kappa shape index (κ3) is 3.94. The van der Waals surface area contributed by atoms with Gasteiger partial charge in [-0.25, -0.2) is 9.97 Å². The largest absolute Gasteiger partial charge is 0.497 e. The lowest BCUT2D eigenvalue weighted by Crippen LogP contribution is -2.25. The summed E-state index contributed by atoms with van der Waals surface area (Å²) in [5, 5.41) is 0.971. The second-order valence-corrected chi connectivity index (χ2v) is 7.45. The maximum Gasteiger partial charge on any atom is 0.159 e. The number of hydrogen-bond acceptors (Lipinski definition) is 5. The number of rotatable bonds is 6. The molecule has 0 aliphatic carbocycles. The van der Waals surface area contributed by atoms with E-state index in [0.717, 1.165) is 58.1 Å². The predicted molar refractivity (Wildman–Crippen MR) is 112 cm³/mol. The Balaban J connectivity index is 1.54. The van der Waals surface area contributed by atoms with Gasteiger partial charge < -0.3 is 9.47 Å². The summed E-state index contributed by atoms with van der Waals surface area (Å²) in [7, 11) is 1.66. The third-order valence-corrected chi connectivity index (χ3v) is 5.36. The van der Waals surface area contributed by atoms with E-state index < -0.39 is 0 Å². The topological polar surface area (TPSA) is 47.5 Å². The van der Waals surface area contributed by atoms with Crippen LogP contribution in [0, 0.1) is 13.8 Å². The first kappa shape index (κ1) is 18.7.